The van der Waals surface area contributed by atoms with Gasteiger partial charge < -0.3 is 71.4 Å². The second-order valence-electron chi connectivity index (χ2n) is 31.4. The second kappa shape index (κ2) is 56.3. The lowest BCUT2D eigenvalue weighted by atomic mass is 9.99. The second-order valence-corrected chi connectivity index (χ2v) is 35.6. The number of hydrogen-bond acceptors (Lipinski definition) is 18. The van der Waals surface area contributed by atoms with E-state index >= 15 is 0 Å². The van der Waals surface area contributed by atoms with Crippen LogP contribution in [0, 0.1) is 17.8 Å². The molecule has 10 N–H and O–H groups in total. The van der Waals surface area contributed by atoms with Crippen molar-refractivity contribution in [3.63, 3.8) is 0 Å². The van der Waals surface area contributed by atoms with Crippen molar-refractivity contribution < 1.29 is 85.0 Å². The number of nitrogens with zero attached hydrogens (tertiary/aromatic N) is 3. The minimum atomic E-state index is -3.88. The van der Waals surface area contributed by atoms with Gasteiger partial charge in [0.05, 0.1) is 91.1 Å². The number of ether oxygens (including phenoxy) is 3. The van der Waals surface area contributed by atoms with Gasteiger partial charge in [0.2, 0.25) is 67.1 Å². The number of nitrogens with one attached hydrogen (secondary N) is 6. The number of epoxide rings is 1. The van der Waals surface area contributed by atoms with Gasteiger partial charge in [-0.05, 0) is 138 Å². The van der Waals surface area contributed by atoms with Crippen LogP contribution in [0.15, 0.2) is 240 Å². The number of aliphatic hydroxyl groups excluding tert-OH is 3. The Morgan fingerprint density at radius 1 is 0.433 bits per heavy atom. The number of carboxylic acid groups (broad SMARTS) is 1. The number of sulfonamides is 2. The molecule has 127 heavy (non-hydrogen) atoms. The summed E-state index contributed by atoms with van der Waals surface area (Å²) in [6, 6.07) is 66.8. The lowest BCUT2D eigenvalue weighted by Crippen LogP contribution is -2.50. The van der Waals surface area contributed by atoms with Gasteiger partial charge in [-0.3, -0.25) is 28.8 Å². The van der Waals surface area contributed by atoms with E-state index < -0.39 is 103 Å². The molecule has 2 heterocycles. The minimum absolute atomic E-state index is 0.00935. The zero-order valence-electron chi connectivity index (χ0n) is 72.9. The molecule has 8 aromatic rings. The molecule has 12 radical (unpaired) electrons. The molecule has 668 valence electrons. The van der Waals surface area contributed by atoms with Crippen LogP contribution in [0.5, 0.6) is 11.5 Å². The molecular formula is C91H114B6ClN9O18S2. The Balaban J connectivity index is 0.000000278. The Morgan fingerprint density at radius 2 is 0.772 bits per heavy atom. The maximum atomic E-state index is 13.3. The van der Waals surface area contributed by atoms with E-state index in [1.54, 1.807) is 65.6 Å². The van der Waals surface area contributed by atoms with Crippen molar-refractivity contribution in [3.05, 3.63) is 264 Å². The smallest absolute Gasteiger partial charge is 0.326 e. The Hall–Kier alpha value is -10.1. The molecule has 8 aromatic carbocycles. The molecule has 0 spiro atoms. The molecule has 2 aliphatic heterocycles. The van der Waals surface area contributed by atoms with Crippen molar-refractivity contribution in [1.82, 2.24) is 45.4 Å². The molecule has 0 saturated carbocycles. The molecule has 27 nitrogen and oxygen atoms in total. The van der Waals surface area contributed by atoms with Gasteiger partial charge >= 0.3 is 5.97 Å². The zero-order chi connectivity index (χ0) is 93.8. The van der Waals surface area contributed by atoms with Crippen LogP contribution in [0.25, 0.3) is 0 Å². The van der Waals surface area contributed by atoms with E-state index in [1.165, 1.54) is 40.5 Å². The van der Waals surface area contributed by atoms with Crippen molar-refractivity contribution in [2.24, 2.45) is 17.8 Å². The first-order valence-electron chi connectivity index (χ1n) is 41.4. The molecule has 0 aromatic heterocycles. The highest BCUT2D eigenvalue weighted by Gasteiger charge is 2.50. The summed E-state index contributed by atoms with van der Waals surface area (Å²) in [6.07, 6.45) is 0.447. The van der Waals surface area contributed by atoms with E-state index in [-0.39, 0.29) is 77.8 Å². The van der Waals surface area contributed by atoms with E-state index in [4.69, 9.17) is 78.0 Å². The summed E-state index contributed by atoms with van der Waals surface area (Å²) >= 11 is 5.55. The molecule has 0 unspecified atom stereocenters. The minimum Gasteiger partial charge on any atom is -0.497 e. The third-order valence-electron chi connectivity index (χ3n) is 19.6. The number of alkyl halides is 1. The number of benzene rings is 8. The highest BCUT2D eigenvalue weighted by Crippen LogP contribution is 2.35. The fraction of sp³-hybridized carbons (Fsp3) is 0.396. The number of aliphatic carboxylic acids is 1. The quantitative estimate of drug-likeness (QED) is 0.00972. The van der Waals surface area contributed by atoms with Crippen molar-refractivity contribution in [1.29, 1.82) is 0 Å². The van der Waals surface area contributed by atoms with Gasteiger partial charge in [0.25, 0.3) is 0 Å². The summed E-state index contributed by atoms with van der Waals surface area (Å²) in [6.45, 7) is 14.5. The van der Waals surface area contributed by atoms with Gasteiger partial charge in [0.1, 0.15) is 23.6 Å². The summed E-state index contributed by atoms with van der Waals surface area (Å²) in [5.74, 6) is -3.15. The highest BCUT2D eigenvalue weighted by molar-refractivity contribution is 7.89. The van der Waals surface area contributed by atoms with Crippen molar-refractivity contribution in [2.45, 2.75) is 157 Å². The van der Waals surface area contributed by atoms with Crippen molar-refractivity contribution >= 4 is 120 Å². The molecule has 6 amide bonds. The van der Waals surface area contributed by atoms with Gasteiger partial charge in [0.15, 0.2) is 34.8 Å². The topological polar surface area (TPSA) is 381 Å². The standard InChI is InChI=1S/C22H29BN2O5S.C22H27BN2O4S.C15H23BN2O2.C11H13BClNO2.C11H12BNO2.C10H10BNO3/c1-16(2)14-25(31(28,29)19-11-9-18(30-3)10-12-19)15-21(26)20(24-22(23)27)13-17-7-5-4-6-8-17;1-16(2)14-24(30(27,28)19-11-9-18(29-3)10-12-19)15-21-20(25(21)22(23)26)13-17-7-5-4-6-8-17;1-11(2)9-17-10-14(19)13(18-15(16)20)8-12-6-4-3-5-7-12;12-11(16)14-9(10(15)7-13)6-8-4-2-1-3-5-8;12-11(14)13-9(10-7-15-10)6-8-4-2-1-3-5-8;11-10(15)12-8(9(13)14)6-7-4-2-1-3-5-7/h4-12,16,20-21,26H,13-15H2,1-3H3,(H,24,27);4-12,16,20-21H,13-15H2,1-3H3;3-7,11,13-14,17,19H,8-10H2,1-2H3,(H,18,20);1-5,9-10,15H,6-7H2,(H,14,16);1-5,9-10H,6-7H2,(H,13,14);1-5,8H,6H2,(H,12,15)(H,13,14)/t20-,21+;20-,21-,25?;13-,14+;2*9-,10+;8-/m111111/s1. The summed E-state index contributed by atoms with van der Waals surface area (Å²) < 4.78 is 71.3. The molecular weight excluding hydrogens is 1670 g/mol. The van der Waals surface area contributed by atoms with Crippen LogP contribution in [-0.4, -0.2) is 271 Å². The molecule has 2 saturated heterocycles. The predicted octanol–water partition coefficient (Wildman–Crippen LogP) is 8.71. The van der Waals surface area contributed by atoms with Crippen LogP contribution in [0.1, 0.15) is 74.9 Å². The summed E-state index contributed by atoms with van der Waals surface area (Å²) in [5, 5.41) is 55.2. The van der Waals surface area contributed by atoms with Crippen LogP contribution >= 0.6 is 11.6 Å². The predicted molar refractivity (Wildman–Crippen MR) is 499 cm³/mol. The molecule has 0 bridgehead atoms. The van der Waals surface area contributed by atoms with Gasteiger partial charge in [-0.1, -0.05) is 224 Å². The highest BCUT2D eigenvalue weighted by atomic mass is 35.5. The average molecular weight is 1790 g/mol. The van der Waals surface area contributed by atoms with E-state index in [1.807, 2.05) is 185 Å². The Bertz CT molecular complexity index is 4820. The molecule has 2 aliphatic rings. The van der Waals surface area contributed by atoms with Crippen molar-refractivity contribution in [3.8, 4) is 11.5 Å². The molecule has 10 rings (SSSR count). The van der Waals surface area contributed by atoms with Crippen LogP contribution in [-0.2, 0) is 68.1 Å². The summed E-state index contributed by atoms with van der Waals surface area (Å²) in [5.41, 5.74) is 6.03. The van der Waals surface area contributed by atoms with E-state index in [9.17, 15) is 65.7 Å². The monoisotopic (exact) mass is 1790 g/mol. The van der Waals surface area contributed by atoms with Gasteiger partial charge in [-0.15, -0.1) is 11.6 Å². The van der Waals surface area contributed by atoms with E-state index in [0.29, 0.717) is 62.8 Å². The van der Waals surface area contributed by atoms with Gasteiger partial charge in [0, 0.05) is 39.1 Å². The van der Waals surface area contributed by atoms with Crippen LogP contribution < -0.4 is 41.4 Å². The normalized spacial score (nSPS) is 15.6. The van der Waals surface area contributed by atoms with Gasteiger partial charge in [-0.25, -0.2) is 21.6 Å². The Morgan fingerprint density at radius 3 is 1.10 bits per heavy atom. The molecule has 36 heteroatoms. The van der Waals surface area contributed by atoms with E-state index in [2.05, 4.69) is 45.7 Å². The maximum Gasteiger partial charge on any atom is 0.326 e. The fourth-order valence-corrected chi connectivity index (χ4v) is 16.7. The zero-order valence-corrected chi connectivity index (χ0v) is 75.3. The lowest BCUT2D eigenvalue weighted by molar-refractivity contribution is -0.139. The Labute approximate surface area is 761 Å². The number of carbonyl (C=O) groups excluding carboxylic acids is 6. The average Bonchev–Trinajstić information content (AvgIpc) is 1.60. The first kappa shape index (κ1) is 107. The van der Waals surface area contributed by atoms with Gasteiger partial charge in [-0.2, -0.15) is 8.61 Å². The van der Waals surface area contributed by atoms with Crippen LogP contribution in [0.4, 0.5) is 28.8 Å². The largest absolute Gasteiger partial charge is 0.497 e. The first-order chi connectivity index (χ1) is 60.3. The molecule has 0 aliphatic carbocycles. The van der Waals surface area contributed by atoms with Crippen LogP contribution in [0.3, 0.4) is 0 Å². The SMILES string of the molecule is [B]C(=O)N1[C@H](Cc2ccccc2)[C@H]1CN(CC(C)C)S(=O)(=O)c1ccc(OC)cc1.[B]C(=O)N[C@H](Cc1ccccc1)C(=O)O.[B]C(=O)N[C@H](Cc1ccccc1)[C@@H](O)CCl.[B]C(=O)N[C@H](Cc1ccccc1)[C@@H](O)CN(CC(C)C)S(=O)(=O)c1ccc(OC)cc1.[B]C(=O)N[C@H](Cc1ccccc1)[C@@H](O)CNCC(C)C.[B]C(=O)N[C@H](Cc1ccccc1)[C@@H]1CO1. The first-order valence-corrected chi connectivity index (χ1v) is 44.8. The third kappa shape index (κ3) is 41.3. The number of carbonyl (C=O) groups is 7. The number of aliphatic hydroxyl groups is 3. The number of rotatable bonds is 41. The fourth-order valence-electron chi connectivity index (χ4n) is 13.3. The van der Waals surface area contributed by atoms with Crippen molar-refractivity contribution in [2.75, 3.05) is 66.0 Å². The molecule has 2 fully saturated rings. The molecule has 11 atom stereocenters. The third-order valence-corrected chi connectivity index (χ3v) is 23.6. The number of methoxy groups -OCH3 is 2. The number of hydrogen-bond donors (Lipinski definition) is 10. The summed E-state index contributed by atoms with van der Waals surface area (Å²) in [4.78, 5) is 79.3. The summed E-state index contributed by atoms with van der Waals surface area (Å²) in [7, 11) is 26.5. The lowest BCUT2D eigenvalue weighted by Gasteiger charge is -2.30. The van der Waals surface area contributed by atoms with E-state index in [0.717, 1.165) is 40.8 Å². The Kier molecular flexibility index (Phi) is 47.7. The number of halogens is 1. The van der Waals surface area contributed by atoms with Crippen LogP contribution in [0.2, 0.25) is 0 Å². The maximum absolute atomic E-state index is 13.3. The number of carboxylic acids is 1. The number of amides is 6.